The Morgan fingerprint density at radius 1 is 1.14 bits per heavy atom. The monoisotopic (exact) mass is 500 g/mol. The number of cyclic esters (lactones) is 1. The fraction of sp³-hybridized carbons (Fsp3) is 0.440. The van der Waals surface area contributed by atoms with E-state index in [-0.39, 0.29) is 24.1 Å². The molecule has 3 atom stereocenters. The first kappa shape index (κ1) is 24.1. The van der Waals surface area contributed by atoms with Crippen LogP contribution < -0.4 is 10.2 Å². The first-order valence-corrected chi connectivity index (χ1v) is 11.9. The lowest BCUT2D eigenvalue weighted by molar-refractivity contribution is -0.137. The molecule has 0 aliphatic carbocycles. The molecule has 36 heavy (non-hydrogen) atoms. The standard InChI is InChI=1S/C25H27F3N6O2/c1-13(2)22-15(4)36-24(35)34(22)20-9-10-29-23(32-20)31-14(3)21-19-7-5-16-11-17(25(26,27)28)6-8-18(16)33(19)12-30-21/h6,8-15,22H,5,7H2,1-4H3,(H,29,31,32)/t14-,15?,22-/m0/s1. The number of carbonyl (C=O) groups excluding carboxylic acids is 1. The summed E-state index contributed by atoms with van der Waals surface area (Å²) in [6.45, 7) is 7.85. The number of aromatic nitrogens is 4. The summed E-state index contributed by atoms with van der Waals surface area (Å²) in [5.74, 6) is 0.959. The summed E-state index contributed by atoms with van der Waals surface area (Å²) in [5, 5.41) is 3.26. The van der Waals surface area contributed by atoms with Crippen LogP contribution in [0.1, 0.15) is 56.3 Å². The third-order valence-electron chi connectivity index (χ3n) is 6.79. The number of ether oxygens (including phenoxy) is 1. The zero-order chi connectivity index (χ0) is 25.8. The molecule has 0 saturated carbocycles. The Morgan fingerprint density at radius 2 is 1.92 bits per heavy atom. The smallest absolute Gasteiger partial charge is 0.416 e. The number of imidazole rings is 1. The van der Waals surface area contributed by atoms with E-state index in [0.717, 1.165) is 17.5 Å². The minimum absolute atomic E-state index is 0.143. The largest absolute Gasteiger partial charge is 0.444 e. The highest BCUT2D eigenvalue weighted by molar-refractivity contribution is 5.89. The second-order valence-electron chi connectivity index (χ2n) is 9.59. The summed E-state index contributed by atoms with van der Waals surface area (Å²) in [6, 6.07) is 5.07. The molecule has 8 nitrogen and oxygen atoms in total. The number of hydrogen-bond acceptors (Lipinski definition) is 6. The molecule has 1 saturated heterocycles. The maximum atomic E-state index is 13.1. The Balaban J connectivity index is 1.39. The van der Waals surface area contributed by atoms with Crippen molar-refractivity contribution in [2.24, 2.45) is 5.92 Å². The lowest BCUT2D eigenvalue weighted by Gasteiger charge is -2.26. The number of nitrogens with zero attached hydrogens (tertiary/aromatic N) is 5. The summed E-state index contributed by atoms with van der Waals surface area (Å²) in [6.07, 6.45) is -0.791. The second kappa shape index (κ2) is 8.79. The predicted octanol–water partition coefficient (Wildman–Crippen LogP) is 5.32. The van der Waals surface area contributed by atoms with Crippen molar-refractivity contribution in [3.63, 3.8) is 0 Å². The molecular weight excluding hydrogens is 473 g/mol. The number of halogens is 3. The topological polar surface area (TPSA) is 85.2 Å². The van der Waals surface area contributed by atoms with Gasteiger partial charge in [-0.05, 0) is 62.4 Å². The van der Waals surface area contributed by atoms with E-state index in [9.17, 15) is 18.0 Å². The number of fused-ring (bicyclic) bond motifs is 3. The van der Waals surface area contributed by atoms with Gasteiger partial charge in [0, 0.05) is 17.6 Å². The Kier molecular flexibility index (Phi) is 5.88. The molecule has 2 aliphatic rings. The molecule has 3 aromatic rings. The molecule has 1 N–H and O–H groups in total. The maximum absolute atomic E-state index is 13.1. The van der Waals surface area contributed by atoms with Crippen LogP contribution in [-0.4, -0.2) is 37.8 Å². The van der Waals surface area contributed by atoms with Gasteiger partial charge < -0.3 is 14.6 Å². The summed E-state index contributed by atoms with van der Waals surface area (Å²) in [4.78, 5) is 27.5. The third kappa shape index (κ3) is 4.16. The lowest BCUT2D eigenvalue weighted by atomic mass is 9.97. The van der Waals surface area contributed by atoms with Crippen molar-refractivity contribution in [1.29, 1.82) is 0 Å². The van der Waals surface area contributed by atoms with E-state index in [4.69, 9.17) is 4.74 Å². The van der Waals surface area contributed by atoms with Crippen LogP contribution in [0.15, 0.2) is 36.8 Å². The van der Waals surface area contributed by atoms with Gasteiger partial charge in [0.2, 0.25) is 5.95 Å². The van der Waals surface area contributed by atoms with Gasteiger partial charge in [-0.2, -0.15) is 18.2 Å². The van der Waals surface area contributed by atoms with Crippen molar-refractivity contribution >= 4 is 17.9 Å². The number of aryl methyl sites for hydroxylation is 1. The van der Waals surface area contributed by atoms with E-state index >= 15 is 0 Å². The van der Waals surface area contributed by atoms with Crippen LogP contribution >= 0.6 is 0 Å². The number of amides is 1. The van der Waals surface area contributed by atoms with E-state index in [1.54, 1.807) is 23.5 Å². The van der Waals surface area contributed by atoms with Crippen LogP contribution in [0.4, 0.5) is 29.7 Å². The van der Waals surface area contributed by atoms with Crippen molar-refractivity contribution in [1.82, 2.24) is 19.5 Å². The first-order valence-electron chi connectivity index (χ1n) is 11.9. The van der Waals surface area contributed by atoms with Crippen LogP contribution in [0.3, 0.4) is 0 Å². The number of benzene rings is 1. The van der Waals surface area contributed by atoms with Crippen molar-refractivity contribution in [3.8, 4) is 5.69 Å². The molecule has 11 heteroatoms. The molecule has 1 fully saturated rings. The number of nitrogens with one attached hydrogen (secondary N) is 1. The molecule has 0 radical (unpaired) electrons. The number of rotatable bonds is 5. The summed E-state index contributed by atoms with van der Waals surface area (Å²) < 4.78 is 46.7. The Morgan fingerprint density at radius 3 is 2.64 bits per heavy atom. The van der Waals surface area contributed by atoms with Gasteiger partial charge in [-0.15, -0.1) is 0 Å². The normalized spacial score (nSPS) is 20.2. The number of anilines is 2. The maximum Gasteiger partial charge on any atom is 0.416 e. The molecule has 1 unspecified atom stereocenters. The summed E-state index contributed by atoms with van der Waals surface area (Å²) in [5.41, 5.74) is 2.39. The van der Waals surface area contributed by atoms with E-state index in [1.807, 2.05) is 32.3 Å². The number of carbonyl (C=O) groups is 1. The van der Waals surface area contributed by atoms with Gasteiger partial charge in [-0.1, -0.05) is 13.8 Å². The molecule has 4 heterocycles. The molecule has 0 spiro atoms. The number of hydrogen-bond donors (Lipinski definition) is 1. The summed E-state index contributed by atoms with van der Waals surface area (Å²) in [7, 11) is 0. The van der Waals surface area contributed by atoms with Gasteiger partial charge in [0.1, 0.15) is 11.9 Å². The minimum atomic E-state index is -4.37. The van der Waals surface area contributed by atoms with Crippen molar-refractivity contribution in [3.05, 3.63) is 59.3 Å². The highest BCUT2D eigenvalue weighted by Crippen LogP contribution is 2.35. The van der Waals surface area contributed by atoms with Crippen molar-refractivity contribution in [2.45, 2.75) is 64.9 Å². The Hall–Kier alpha value is -3.63. The SMILES string of the molecule is CC(C)[C@H]1C(C)OC(=O)N1c1ccnc(N[C@@H](C)c2ncn3c2CCc2cc(C(F)(F)F)ccc2-3)n1. The number of alkyl halides is 3. The van der Waals surface area contributed by atoms with Crippen molar-refractivity contribution in [2.75, 3.05) is 10.2 Å². The average Bonchev–Trinajstić information content (AvgIpc) is 3.38. The van der Waals surface area contributed by atoms with Gasteiger partial charge in [0.25, 0.3) is 0 Å². The van der Waals surface area contributed by atoms with Gasteiger partial charge in [-0.25, -0.2) is 14.8 Å². The zero-order valence-corrected chi connectivity index (χ0v) is 20.4. The molecule has 1 aromatic carbocycles. The zero-order valence-electron chi connectivity index (χ0n) is 20.4. The molecular formula is C25H27F3N6O2. The van der Waals surface area contributed by atoms with Gasteiger partial charge in [0.05, 0.1) is 29.7 Å². The minimum Gasteiger partial charge on any atom is -0.444 e. The quantitative estimate of drug-likeness (QED) is 0.510. The predicted molar refractivity (Wildman–Crippen MR) is 127 cm³/mol. The molecule has 5 rings (SSSR count). The van der Waals surface area contributed by atoms with Gasteiger partial charge >= 0.3 is 12.3 Å². The van der Waals surface area contributed by atoms with Crippen LogP contribution in [0, 0.1) is 5.92 Å². The van der Waals surface area contributed by atoms with E-state index in [1.165, 1.54) is 12.1 Å². The van der Waals surface area contributed by atoms with Crippen LogP contribution in [-0.2, 0) is 23.8 Å². The first-order chi connectivity index (χ1) is 17.0. The van der Waals surface area contributed by atoms with Gasteiger partial charge in [0.15, 0.2) is 0 Å². The van der Waals surface area contributed by atoms with Crippen LogP contribution in [0.5, 0.6) is 0 Å². The molecule has 1 amide bonds. The molecule has 190 valence electrons. The Bertz CT molecular complexity index is 1310. The van der Waals surface area contributed by atoms with E-state index in [0.29, 0.717) is 35.9 Å². The molecule has 2 aliphatic heterocycles. The summed E-state index contributed by atoms with van der Waals surface area (Å²) >= 11 is 0. The fourth-order valence-corrected chi connectivity index (χ4v) is 5.17. The second-order valence-corrected chi connectivity index (χ2v) is 9.59. The molecule has 0 bridgehead atoms. The van der Waals surface area contributed by atoms with Crippen LogP contribution in [0.25, 0.3) is 5.69 Å². The van der Waals surface area contributed by atoms with E-state index < -0.39 is 17.8 Å². The van der Waals surface area contributed by atoms with Crippen molar-refractivity contribution < 1.29 is 22.7 Å². The Labute approximate surface area is 206 Å². The highest BCUT2D eigenvalue weighted by atomic mass is 19.4. The third-order valence-corrected chi connectivity index (χ3v) is 6.79. The van der Waals surface area contributed by atoms with Gasteiger partial charge in [-0.3, -0.25) is 4.90 Å². The average molecular weight is 501 g/mol. The lowest BCUT2D eigenvalue weighted by Crippen LogP contribution is -2.40. The van der Waals surface area contributed by atoms with E-state index in [2.05, 4.69) is 20.3 Å². The van der Waals surface area contributed by atoms with Crippen LogP contribution in [0.2, 0.25) is 0 Å². The highest BCUT2D eigenvalue weighted by Gasteiger charge is 2.42. The molecule has 2 aromatic heterocycles. The fourth-order valence-electron chi connectivity index (χ4n) is 5.17.